The lowest BCUT2D eigenvalue weighted by molar-refractivity contribution is -0.132. The van der Waals surface area contributed by atoms with E-state index in [9.17, 15) is 9.59 Å². The van der Waals surface area contributed by atoms with Gasteiger partial charge in [-0.15, -0.1) is 11.3 Å². The van der Waals surface area contributed by atoms with Crippen molar-refractivity contribution in [3.63, 3.8) is 0 Å². The molecule has 8 nitrogen and oxygen atoms in total. The second-order valence-electron chi connectivity index (χ2n) is 6.10. The smallest absolute Gasteiger partial charge is 0.261 e. The van der Waals surface area contributed by atoms with Gasteiger partial charge in [0, 0.05) is 31.5 Å². The van der Waals surface area contributed by atoms with Gasteiger partial charge in [-0.05, 0) is 25.0 Å². The highest BCUT2D eigenvalue weighted by Crippen LogP contribution is 2.36. The molecule has 9 heteroatoms. The first-order valence-corrected chi connectivity index (χ1v) is 9.49. The highest BCUT2D eigenvalue weighted by atomic mass is 32.1. The first kappa shape index (κ1) is 18.5. The van der Waals surface area contributed by atoms with Crippen LogP contribution in [-0.2, 0) is 16.1 Å². The molecule has 0 aliphatic carbocycles. The third kappa shape index (κ3) is 4.47. The van der Waals surface area contributed by atoms with E-state index in [2.05, 4.69) is 15.4 Å². The van der Waals surface area contributed by atoms with E-state index in [1.54, 1.807) is 18.1 Å². The number of amides is 2. The fourth-order valence-corrected chi connectivity index (χ4v) is 4.14. The Morgan fingerprint density at radius 1 is 1.42 bits per heavy atom. The van der Waals surface area contributed by atoms with E-state index in [0.29, 0.717) is 31.0 Å². The lowest BCUT2D eigenvalue weighted by atomic mass is 10.2. The molecular weight excluding hydrogens is 354 g/mol. The number of carbonyl (C=O) groups excluding carboxylic acids is 2. The highest BCUT2D eigenvalue weighted by Gasteiger charge is 2.31. The van der Waals surface area contributed by atoms with Gasteiger partial charge in [-0.2, -0.15) is 5.10 Å². The summed E-state index contributed by atoms with van der Waals surface area (Å²) in [7, 11) is 1.60. The van der Waals surface area contributed by atoms with Crippen molar-refractivity contribution in [1.82, 2.24) is 25.0 Å². The average molecular weight is 377 g/mol. The Kier molecular flexibility index (Phi) is 6.35. The second-order valence-corrected chi connectivity index (χ2v) is 7.22. The van der Waals surface area contributed by atoms with E-state index in [1.807, 2.05) is 17.0 Å². The molecule has 3 rings (SSSR count). The van der Waals surface area contributed by atoms with Gasteiger partial charge in [0.25, 0.3) is 5.91 Å². The average Bonchev–Trinajstić information content (AvgIpc) is 3.40. The quantitative estimate of drug-likeness (QED) is 0.704. The van der Waals surface area contributed by atoms with Crippen LogP contribution in [0.1, 0.15) is 39.9 Å². The number of thiophene rings is 1. The largest absolute Gasteiger partial charge is 0.383 e. The van der Waals surface area contributed by atoms with Gasteiger partial charge in [0.15, 0.2) is 0 Å². The van der Waals surface area contributed by atoms with Crippen LogP contribution in [0.5, 0.6) is 0 Å². The summed E-state index contributed by atoms with van der Waals surface area (Å²) in [6, 6.07) is 3.85. The Labute approximate surface area is 156 Å². The summed E-state index contributed by atoms with van der Waals surface area (Å²) >= 11 is 1.46. The van der Waals surface area contributed by atoms with Crippen molar-refractivity contribution in [2.45, 2.75) is 31.8 Å². The number of carbonyl (C=O) groups is 2. The summed E-state index contributed by atoms with van der Waals surface area (Å²) in [5.74, 6) is 0.0165. The van der Waals surface area contributed by atoms with Gasteiger partial charge in [-0.1, -0.05) is 0 Å². The molecule has 2 aromatic heterocycles. The molecule has 1 N–H and O–H groups in total. The molecule has 0 saturated carbocycles. The predicted octanol–water partition coefficient (Wildman–Crippen LogP) is 1.47. The van der Waals surface area contributed by atoms with Crippen molar-refractivity contribution in [3.05, 3.63) is 34.5 Å². The molecule has 2 amide bonds. The van der Waals surface area contributed by atoms with E-state index in [-0.39, 0.29) is 17.9 Å². The summed E-state index contributed by atoms with van der Waals surface area (Å²) < 4.78 is 6.60. The number of nitrogens with zero attached hydrogens (tertiary/aromatic N) is 4. The van der Waals surface area contributed by atoms with Crippen LogP contribution in [0.4, 0.5) is 0 Å². The Morgan fingerprint density at radius 2 is 2.31 bits per heavy atom. The van der Waals surface area contributed by atoms with Crippen molar-refractivity contribution in [2.75, 3.05) is 26.8 Å². The molecule has 26 heavy (non-hydrogen) atoms. The number of aryl methyl sites for hydroxylation is 1. The van der Waals surface area contributed by atoms with Crippen molar-refractivity contribution < 1.29 is 14.3 Å². The van der Waals surface area contributed by atoms with Gasteiger partial charge in [-0.3, -0.25) is 14.3 Å². The first-order chi connectivity index (χ1) is 12.7. The molecule has 1 saturated heterocycles. The van der Waals surface area contributed by atoms with Crippen molar-refractivity contribution in [1.29, 1.82) is 0 Å². The minimum absolute atomic E-state index is 0.0590. The Morgan fingerprint density at radius 3 is 3.08 bits per heavy atom. The standard InChI is InChI=1S/C17H23N5O3S/c1-25-10-7-19-17(24)15-5-4-14(26-15)13-3-2-8-22(13)16(23)6-9-21-12-18-11-20-21/h4-5,11-13H,2-3,6-10H2,1H3,(H,19,24)/t13-/m0/s1. The van der Waals surface area contributed by atoms with Crippen LogP contribution in [0.3, 0.4) is 0 Å². The lowest BCUT2D eigenvalue weighted by Crippen LogP contribution is -2.30. The molecule has 0 radical (unpaired) electrons. The summed E-state index contributed by atoms with van der Waals surface area (Å²) in [4.78, 5) is 32.3. The Bertz CT molecular complexity index is 731. The number of nitrogens with one attached hydrogen (secondary N) is 1. The van der Waals surface area contributed by atoms with Crippen LogP contribution in [0.2, 0.25) is 0 Å². The fourth-order valence-electron chi connectivity index (χ4n) is 3.07. The number of likely N-dealkylation sites (tertiary alicyclic amines) is 1. The summed E-state index contributed by atoms with van der Waals surface area (Å²) in [6.07, 6.45) is 5.39. The molecule has 140 valence electrons. The molecule has 3 heterocycles. The van der Waals surface area contributed by atoms with Gasteiger partial charge < -0.3 is 15.0 Å². The minimum Gasteiger partial charge on any atom is -0.383 e. The number of aromatic nitrogens is 3. The van der Waals surface area contributed by atoms with Crippen molar-refractivity contribution >= 4 is 23.2 Å². The number of rotatable bonds is 8. The van der Waals surface area contributed by atoms with Gasteiger partial charge in [0.2, 0.25) is 5.91 Å². The second kappa shape index (κ2) is 8.91. The fraction of sp³-hybridized carbons (Fsp3) is 0.529. The zero-order valence-electron chi connectivity index (χ0n) is 14.8. The van der Waals surface area contributed by atoms with Crippen LogP contribution in [0.25, 0.3) is 0 Å². The summed E-state index contributed by atoms with van der Waals surface area (Å²) in [6.45, 7) is 2.26. The first-order valence-electron chi connectivity index (χ1n) is 8.68. The zero-order valence-corrected chi connectivity index (χ0v) is 15.6. The number of hydrogen-bond acceptors (Lipinski definition) is 6. The molecule has 0 spiro atoms. The van der Waals surface area contributed by atoms with Gasteiger partial charge >= 0.3 is 0 Å². The summed E-state index contributed by atoms with van der Waals surface area (Å²) in [5.41, 5.74) is 0. The van der Waals surface area contributed by atoms with E-state index in [4.69, 9.17) is 4.74 Å². The number of methoxy groups -OCH3 is 1. The number of ether oxygens (including phenoxy) is 1. The van der Waals surface area contributed by atoms with E-state index in [1.165, 1.54) is 17.7 Å². The lowest BCUT2D eigenvalue weighted by Gasteiger charge is -2.24. The molecular formula is C17H23N5O3S. The van der Waals surface area contributed by atoms with Crippen LogP contribution >= 0.6 is 11.3 Å². The predicted molar refractivity (Wildman–Crippen MR) is 96.9 cm³/mol. The Hall–Kier alpha value is -2.26. The molecule has 0 bridgehead atoms. The van der Waals surface area contributed by atoms with Crippen molar-refractivity contribution in [2.24, 2.45) is 0 Å². The Balaban J connectivity index is 1.59. The molecule has 0 aromatic carbocycles. The molecule has 1 fully saturated rings. The van der Waals surface area contributed by atoms with E-state index < -0.39 is 0 Å². The maximum absolute atomic E-state index is 12.6. The molecule has 0 unspecified atom stereocenters. The molecule has 1 aliphatic heterocycles. The third-order valence-corrected chi connectivity index (χ3v) is 5.55. The van der Waals surface area contributed by atoms with Gasteiger partial charge in [-0.25, -0.2) is 4.98 Å². The SMILES string of the molecule is COCCNC(=O)c1ccc([C@@H]2CCCN2C(=O)CCn2cncn2)s1. The monoisotopic (exact) mass is 377 g/mol. The van der Waals surface area contributed by atoms with Crippen LogP contribution in [-0.4, -0.2) is 58.3 Å². The van der Waals surface area contributed by atoms with Crippen LogP contribution in [0, 0.1) is 0 Å². The third-order valence-electron chi connectivity index (χ3n) is 4.37. The minimum atomic E-state index is -0.0969. The van der Waals surface area contributed by atoms with Crippen LogP contribution < -0.4 is 5.32 Å². The maximum atomic E-state index is 12.6. The van der Waals surface area contributed by atoms with Crippen molar-refractivity contribution in [3.8, 4) is 0 Å². The van der Waals surface area contributed by atoms with E-state index in [0.717, 1.165) is 24.3 Å². The molecule has 2 aromatic rings. The molecule has 1 aliphatic rings. The maximum Gasteiger partial charge on any atom is 0.261 e. The van der Waals surface area contributed by atoms with Crippen LogP contribution in [0.15, 0.2) is 24.8 Å². The normalized spacial score (nSPS) is 16.8. The molecule has 1 atom stereocenters. The van der Waals surface area contributed by atoms with Gasteiger partial charge in [0.05, 0.1) is 24.1 Å². The van der Waals surface area contributed by atoms with Gasteiger partial charge in [0.1, 0.15) is 12.7 Å². The number of hydrogen-bond donors (Lipinski definition) is 1. The highest BCUT2D eigenvalue weighted by molar-refractivity contribution is 7.14. The van der Waals surface area contributed by atoms with E-state index >= 15 is 0 Å². The summed E-state index contributed by atoms with van der Waals surface area (Å²) in [5, 5.41) is 6.85. The topological polar surface area (TPSA) is 89.4 Å². The zero-order chi connectivity index (χ0) is 18.4.